The minimum Gasteiger partial charge on any atom is -0.488 e. The minimum absolute atomic E-state index is 0.0155. The molecule has 0 saturated heterocycles. The Bertz CT molecular complexity index is 767. The summed E-state index contributed by atoms with van der Waals surface area (Å²) < 4.78 is 5.93. The van der Waals surface area contributed by atoms with Crippen LogP contribution in [0.15, 0.2) is 59.6 Å². The van der Waals surface area contributed by atoms with Gasteiger partial charge >= 0.3 is 0 Å². The van der Waals surface area contributed by atoms with Gasteiger partial charge in [-0.1, -0.05) is 48.5 Å². The van der Waals surface area contributed by atoms with Gasteiger partial charge in [-0.2, -0.15) is 0 Å². The molecule has 1 aliphatic heterocycles. The highest BCUT2D eigenvalue weighted by Gasteiger charge is 2.21. The largest absolute Gasteiger partial charge is 0.488 e. The maximum absolute atomic E-state index is 12.0. The number of nitrogens with one attached hydrogen (secondary N) is 3. The Balaban J connectivity index is 1.39. The molecule has 0 aromatic heterocycles. The Morgan fingerprint density at radius 3 is 2.64 bits per heavy atom. The Morgan fingerprint density at radius 2 is 1.86 bits per heavy atom. The number of hydrogen-bond donors (Lipinski definition) is 3. The number of fused-ring (bicyclic) bond motifs is 1. The molecule has 148 valence electrons. The molecule has 1 heterocycles. The predicted molar refractivity (Wildman–Crippen MR) is 111 cm³/mol. The monoisotopic (exact) mass is 380 g/mol. The zero-order valence-electron chi connectivity index (χ0n) is 16.3. The van der Waals surface area contributed by atoms with Crippen LogP contribution in [0.5, 0.6) is 5.75 Å². The summed E-state index contributed by atoms with van der Waals surface area (Å²) in [5, 5.41) is 9.36. The first kappa shape index (κ1) is 19.7. The van der Waals surface area contributed by atoms with Crippen LogP contribution in [-0.2, 0) is 17.8 Å². The third-order valence-corrected chi connectivity index (χ3v) is 4.49. The Hall–Kier alpha value is -3.02. The summed E-state index contributed by atoms with van der Waals surface area (Å²) in [6, 6.07) is 18.0. The second kappa shape index (κ2) is 10.3. The first-order valence-electron chi connectivity index (χ1n) is 9.82. The van der Waals surface area contributed by atoms with Crippen LogP contribution in [0.25, 0.3) is 0 Å². The molecule has 2 aromatic rings. The van der Waals surface area contributed by atoms with Crippen molar-refractivity contribution in [2.24, 2.45) is 4.99 Å². The zero-order valence-corrected chi connectivity index (χ0v) is 16.3. The lowest BCUT2D eigenvalue weighted by Crippen LogP contribution is -2.40. The van der Waals surface area contributed by atoms with Crippen LogP contribution in [0.2, 0.25) is 0 Å². The molecule has 0 fully saturated rings. The Labute approximate surface area is 166 Å². The molecule has 28 heavy (non-hydrogen) atoms. The number of ether oxygens (including phenoxy) is 1. The second-order valence-electron chi connectivity index (χ2n) is 6.71. The lowest BCUT2D eigenvalue weighted by molar-refractivity contribution is -0.121. The van der Waals surface area contributed by atoms with E-state index in [0.717, 1.165) is 24.3 Å². The fourth-order valence-electron chi connectivity index (χ4n) is 3.07. The normalized spacial score (nSPS) is 15.5. The van der Waals surface area contributed by atoms with Gasteiger partial charge in [-0.25, -0.2) is 4.99 Å². The van der Waals surface area contributed by atoms with E-state index in [2.05, 4.69) is 27.0 Å². The smallest absolute Gasteiger partial charge is 0.222 e. The van der Waals surface area contributed by atoms with Crippen molar-refractivity contribution in [3.8, 4) is 5.75 Å². The Morgan fingerprint density at radius 1 is 1.07 bits per heavy atom. The van der Waals surface area contributed by atoms with Gasteiger partial charge in [-0.3, -0.25) is 4.79 Å². The summed E-state index contributed by atoms with van der Waals surface area (Å²) in [5.74, 6) is 1.68. The van der Waals surface area contributed by atoms with Crippen molar-refractivity contribution < 1.29 is 9.53 Å². The highest BCUT2D eigenvalue weighted by atomic mass is 16.5. The van der Waals surface area contributed by atoms with Crippen molar-refractivity contribution in [3.05, 3.63) is 65.7 Å². The molecule has 1 amide bonds. The predicted octanol–water partition coefficient (Wildman–Crippen LogP) is 2.25. The van der Waals surface area contributed by atoms with Crippen molar-refractivity contribution in [1.82, 2.24) is 16.0 Å². The van der Waals surface area contributed by atoms with Crippen LogP contribution in [0.4, 0.5) is 0 Å². The van der Waals surface area contributed by atoms with Gasteiger partial charge in [-0.15, -0.1) is 0 Å². The molecule has 2 aromatic carbocycles. The summed E-state index contributed by atoms with van der Waals surface area (Å²) in [6.07, 6.45) is 1.32. The topological polar surface area (TPSA) is 74.8 Å². The fraction of sp³-hybridized carbons (Fsp3) is 0.364. The molecule has 6 heteroatoms. The molecule has 1 aliphatic rings. The average molecular weight is 380 g/mol. The van der Waals surface area contributed by atoms with Gasteiger partial charge in [0.2, 0.25) is 5.91 Å². The third kappa shape index (κ3) is 6.01. The molecule has 0 radical (unpaired) electrons. The lowest BCUT2D eigenvalue weighted by atomic mass is 10.1. The molecule has 3 N–H and O–H groups in total. The summed E-state index contributed by atoms with van der Waals surface area (Å²) in [6.45, 7) is 4.43. The van der Waals surface area contributed by atoms with Crippen LogP contribution in [0.3, 0.4) is 0 Å². The van der Waals surface area contributed by atoms with E-state index in [0.29, 0.717) is 32.0 Å². The number of hydrogen-bond acceptors (Lipinski definition) is 3. The number of nitrogens with zero attached hydrogens (tertiary/aromatic N) is 1. The van der Waals surface area contributed by atoms with Gasteiger partial charge in [0.25, 0.3) is 0 Å². The number of aliphatic imine (C=N–C) groups is 1. The van der Waals surface area contributed by atoms with Crippen molar-refractivity contribution in [1.29, 1.82) is 0 Å². The highest BCUT2D eigenvalue weighted by molar-refractivity contribution is 5.81. The van der Waals surface area contributed by atoms with Gasteiger partial charge < -0.3 is 20.7 Å². The van der Waals surface area contributed by atoms with E-state index in [-0.39, 0.29) is 12.0 Å². The number of benzene rings is 2. The molecule has 0 saturated carbocycles. The molecule has 1 atom stereocenters. The van der Waals surface area contributed by atoms with Gasteiger partial charge in [0, 0.05) is 32.5 Å². The molecule has 0 bridgehead atoms. The quantitative estimate of drug-likeness (QED) is 0.485. The summed E-state index contributed by atoms with van der Waals surface area (Å²) in [7, 11) is 0. The van der Waals surface area contributed by atoms with Gasteiger partial charge in [0.05, 0.1) is 6.54 Å². The van der Waals surface area contributed by atoms with Gasteiger partial charge in [0.1, 0.15) is 11.9 Å². The first-order valence-corrected chi connectivity index (χ1v) is 9.82. The van der Waals surface area contributed by atoms with E-state index in [9.17, 15) is 4.79 Å². The number of guanidine groups is 1. The first-order chi connectivity index (χ1) is 13.7. The number of carbonyl (C=O) groups excluding carboxylic acids is 1. The number of carbonyl (C=O) groups is 1. The van der Waals surface area contributed by atoms with Crippen LogP contribution in [-0.4, -0.2) is 37.6 Å². The molecule has 0 aliphatic carbocycles. The zero-order chi connectivity index (χ0) is 19.6. The van der Waals surface area contributed by atoms with E-state index in [1.165, 1.54) is 5.56 Å². The molecule has 0 spiro atoms. The maximum atomic E-state index is 12.0. The van der Waals surface area contributed by atoms with E-state index in [1.807, 2.05) is 55.5 Å². The van der Waals surface area contributed by atoms with Gasteiger partial charge in [-0.05, 0) is 24.1 Å². The maximum Gasteiger partial charge on any atom is 0.222 e. The van der Waals surface area contributed by atoms with Crippen molar-refractivity contribution in [2.45, 2.75) is 32.4 Å². The summed E-state index contributed by atoms with van der Waals surface area (Å²) in [5.41, 5.74) is 2.33. The van der Waals surface area contributed by atoms with E-state index in [4.69, 9.17) is 4.74 Å². The molecular formula is C22H28N4O2. The van der Waals surface area contributed by atoms with Crippen molar-refractivity contribution >= 4 is 11.9 Å². The highest BCUT2D eigenvalue weighted by Crippen LogP contribution is 2.28. The molecule has 1 unspecified atom stereocenters. The minimum atomic E-state index is 0.0155. The summed E-state index contributed by atoms with van der Waals surface area (Å²) in [4.78, 5) is 16.6. The molecule has 6 nitrogen and oxygen atoms in total. The fourth-order valence-corrected chi connectivity index (χ4v) is 3.07. The van der Waals surface area contributed by atoms with Crippen LogP contribution >= 0.6 is 0 Å². The third-order valence-electron chi connectivity index (χ3n) is 4.49. The molecular weight excluding hydrogens is 352 g/mol. The number of rotatable bonds is 8. The van der Waals surface area contributed by atoms with Crippen molar-refractivity contribution in [2.75, 3.05) is 19.6 Å². The number of para-hydroxylation sites is 1. The van der Waals surface area contributed by atoms with Crippen molar-refractivity contribution in [3.63, 3.8) is 0 Å². The van der Waals surface area contributed by atoms with E-state index >= 15 is 0 Å². The van der Waals surface area contributed by atoms with E-state index in [1.54, 1.807) is 0 Å². The van der Waals surface area contributed by atoms with Crippen LogP contribution in [0, 0.1) is 0 Å². The Kier molecular flexibility index (Phi) is 7.29. The second-order valence-corrected chi connectivity index (χ2v) is 6.71. The van der Waals surface area contributed by atoms with Crippen LogP contribution in [0.1, 0.15) is 24.5 Å². The van der Waals surface area contributed by atoms with E-state index < -0.39 is 0 Å². The van der Waals surface area contributed by atoms with Gasteiger partial charge in [0.15, 0.2) is 5.96 Å². The standard InChI is InChI=1S/C22H28N4O2/c1-2-23-22(26-16-19-14-18-10-6-7-11-20(18)28-19)24-13-12-21(27)25-15-17-8-4-3-5-9-17/h3-11,19H,2,12-16H2,1H3,(H,25,27)(H2,23,24,26). The SMILES string of the molecule is CCNC(=NCC1Cc2ccccc2O1)NCCC(=O)NCc1ccccc1. The molecule has 3 rings (SSSR count). The van der Waals surface area contributed by atoms with Crippen LogP contribution < -0.4 is 20.7 Å². The average Bonchev–Trinajstić information content (AvgIpc) is 3.14. The number of amides is 1. The lowest BCUT2D eigenvalue weighted by Gasteiger charge is -2.13. The summed E-state index contributed by atoms with van der Waals surface area (Å²) >= 11 is 0.